The summed E-state index contributed by atoms with van der Waals surface area (Å²) in [6.45, 7) is 3.50. The third kappa shape index (κ3) is 17.3. The number of rotatable bonds is 26. The monoisotopic (exact) mass is 601 g/mol. The Bertz CT molecular complexity index is 676. The first-order valence-electron chi connectivity index (χ1n) is 16.9. The normalized spacial score (nSPS) is 24.2. The van der Waals surface area contributed by atoms with Crippen LogP contribution < -0.4 is 5.32 Å². The highest BCUT2D eigenvalue weighted by atomic mass is 16.7. The Kier molecular flexibility index (Phi) is 23.4. The maximum Gasteiger partial charge on any atom is 0.220 e. The first-order chi connectivity index (χ1) is 20.3. The summed E-state index contributed by atoms with van der Waals surface area (Å²) >= 11 is 0. The van der Waals surface area contributed by atoms with E-state index in [9.17, 15) is 30.3 Å². The van der Waals surface area contributed by atoms with Gasteiger partial charge in [-0.1, -0.05) is 122 Å². The van der Waals surface area contributed by atoms with E-state index in [1.807, 2.05) is 13.0 Å². The van der Waals surface area contributed by atoms with Gasteiger partial charge in [0.05, 0.1) is 25.4 Å². The lowest BCUT2D eigenvalue weighted by molar-refractivity contribution is -0.302. The summed E-state index contributed by atoms with van der Waals surface area (Å²) < 4.78 is 11.0. The van der Waals surface area contributed by atoms with Crippen molar-refractivity contribution in [3.8, 4) is 0 Å². The predicted molar refractivity (Wildman–Crippen MR) is 166 cm³/mol. The Hall–Kier alpha value is -1.07. The van der Waals surface area contributed by atoms with Crippen molar-refractivity contribution in [1.29, 1.82) is 0 Å². The number of nitrogens with one attached hydrogen (secondary N) is 1. The number of aliphatic hydroxyl groups is 5. The number of ether oxygens (including phenoxy) is 2. The van der Waals surface area contributed by atoms with Crippen LogP contribution in [0.1, 0.15) is 136 Å². The zero-order chi connectivity index (χ0) is 31.0. The van der Waals surface area contributed by atoms with E-state index in [4.69, 9.17) is 9.47 Å². The van der Waals surface area contributed by atoms with E-state index in [0.717, 1.165) is 32.1 Å². The Morgan fingerprint density at radius 1 is 0.786 bits per heavy atom. The summed E-state index contributed by atoms with van der Waals surface area (Å²) in [5.41, 5.74) is 0. The molecule has 1 rings (SSSR count). The molecule has 0 spiro atoms. The maximum absolute atomic E-state index is 12.4. The average molecular weight is 602 g/mol. The molecule has 6 N–H and O–H groups in total. The highest BCUT2D eigenvalue weighted by molar-refractivity contribution is 5.76. The topological polar surface area (TPSA) is 149 Å². The number of carbonyl (C=O) groups is 1. The van der Waals surface area contributed by atoms with Crippen LogP contribution in [0, 0.1) is 0 Å². The van der Waals surface area contributed by atoms with Crippen molar-refractivity contribution < 1.29 is 39.8 Å². The largest absolute Gasteiger partial charge is 0.394 e. The van der Waals surface area contributed by atoms with Gasteiger partial charge in [-0.25, -0.2) is 0 Å². The number of aliphatic hydroxyl groups excluding tert-OH is 5. The van der Waals surface area contributed by atoms with Crippen LogP contribution in [0.15, 0.2) is 12.2 Å². The van der Waals surface area contributed by atoms with Crippen molar-refractivity contribution in [1.82, 2.24) is 5.32 Å². The molecule has 1 aliphatic rings. The summed E-state index contributed by atoms with van der Waals surface area (Å²) in [6, 6.07) is -0.793. The molecule has 0 saturated carbocycles. The van der Waals surface area contributed by atoms with E-state index in [-0.39, 0.29) is 12.5 Å². The fraction of sp³-hybridized carbons (Fsp3) is 0.909. The zero-order valence-corrected chi connectivity index (χ0v) is 26.5. The third-order valence-corrected chi connectivity index (χ3v) is 8.11. The van der Waals surface area contributed by atoms with Gasteiger partial charge in [-0.3, -0.25) is 4.79 Å². The summed E-state index contributed by atoms with van der Waals surface area (Å²) in [7, 11) is 0. The quantitative estimate of drug-likeness (QED) is 0.0620. The third-order valence-electron chi connectivity index (χ3n) is 8.11. The lowest BCUT2D eigenvalue weighted by atomic mass is 9.99. The minimum Gasteiger partial charge on any atom is -0.394 e. The molecular weight excluding hydrogens is 538 g/mol. The van der Waals surface area contributed by atoms with Crippen LogP contribution in [0.3, 0.4) is 0 Å². The van der Waals surface area contributed by atoms with Crippen LogP contribution in [0.2, 0.25) is 0 Å². The average Bonchev–Trinajstić information content (AvgIpc) is 2.99. The van der Waals surface area contributed by atoms with Gasteiger partial charge in [0, 0.05) is 6.42 Å². The molecule has 0 aromatic rings. The molecule has 1 aliphatic heterocycles. The van der Waals surface area contributed by atoms with Crippen LogP contribution >= 0.6 is 0 Å². The number of carbonyl (C=O) groups excluding carboxylic acids is 1. The second-order valence-corrected chi connectivity index (χ2v) is 12.0. The molecule has 9 heteroatoms. The first-order valence-corrected chi connectivity index (χ1v) is 16.9. The highest BCUT2D eigenvalue weighted by Crippen LogP contribution is 2.22. The Morgan fingerprint density at radius 3 is 1.83 bits per heavy atom. The minimum atomic E-state index is -1.56. The van der Waals surface area contributed by atoms with Crippen LogP contribution in [-0.4, -0.2) is 87.5 Å². The molecule has 1 saturated heterocycles. The van der Waals surface area contributed by atoms with Gasteiger partial charge in [-0.15, -0.1) is 0 Å². The molecule has 7 atom stereocenters. The Labute approximate surface area is 255 Å². The molecule has 9 nitrogen and oxygen atoms in total. The summed E-state index contributed by atoms with van der Waals surface area (Å²) in [6.07, 6.45) is 18.0. The summed E-state index contributed by atoms with van der Waals surface area (Å²) in [4.78, 5) is 12.4. The van der Waals surface area contributed by atoms with Crippen molar-refractivity contribution in [3.05, 3.63) is 12.2 Å². The zero-order valence-electron chi connectivity index (χ0n) is 26.5. The molecule has 1 heterocycles. The van der Waals surface area contributed by atoms with E-state index in [1.54, 1.807) is 6.08 Å². The first kappa shape index (κ1) is 39.0. The maximum atomic E-state index is 12.4. The molecule has 0 aliphatic carbocycles. The second-order valence-electron chi connectivity index (χ2n) is 12.0. The lowest BCUT2D eigenvalue weighted by Gasteiger charge is -2.40. The smallest absolute Gasteiger partial charge is 0.220 e. The highest BCUT2D eigenvalue weighted by Gasteiger charge is 2.44. The predicted octanol–water partition coefficient (Wildman–Crippen LogP) is 4.66. The van der Waals surface area contributed by atoms with Crippen molar-refractivity contribution in [2.24, 2.45) is 0 Å². The number of amides is 1. The van der Waals surface area contributed by atoms with Gasteiger partial charge >= 0.3 is 0 Å². The molecule has 0 bridgehead atoms. The molecule has 248 valence electrons. The molecule has 0 aromatic heterocycles. The van der Waals surface area contributed by atoms with Crippen molar-refractivity contribution in [2.75, 3.05) is 13.2 Å². The SMILES string of the molecule is CCCCCCCCCCCCCCCCC/C=C/C(O)C(COC1OC(CO)C(O)C(O)C1O)NC(=O)CCCC. The molecule has 42 heavy (non-hydrogen) atoms. The van der Waals surface area contributed by atoms with E-state index in [1.165, 1.54) is 83.5 Å². The minimum absolute atomic E-state index is 0.189. The van der Waals surface area contributed by atoms with Crippen LogP contribution in [-0.2, 0) is 14.3 Å². The molecule has 1 fully saturated rings. The lowest BCUT2D eigenvalue weighted by Crippen LogP contribution is -2.60. The number of allylic oxidation sites excluding steroid dienone is 1. The second kappa shape index (κ2) is 25.3. The summed E-state index contributed by atoms with van der Waals surface area (Å²) in [5.74, 6) is -0.214. The fourth-order valence-corrected chi connectivity index (χ4v) is 5.25. The number of unbranched alkanes of at least 4 members (excludes halogenated alkanes) is 16. The molecule has 1 amide bonds. The van der Waals surface area contributed by atoms with E-state index in [2.05, 4.69) is 12.2 Å². The van der Waals surface area contributed by atoms with Gasteiger partial charge in [0.25, 0.3) is 0 Å². The van der Waals surface area contributed by atoms with Crippen LogP contribution in [0.25, 0.3) is 0 Å². The van der Waals surface area contributed by atoms with E-state index >= 15 is 0 Å². The van der Waals surface area contributed by atoms with Gasteiger partial charge < -0.3 is 40.3 Å². The molecule has 0 aromatic carbocycles. The van der Waals surface area contributed by atoms with Crippen molar-refractivity contribution >= 4 is 5.91 Å². The number of hydrogen-bond donors (Lipinski definition) is 6. The van der Waals surface area contributed by atoms with E-state index in [0.29, 0.717) is 6.42 Å². The van der Waals surface area contributed by atoms with Crippen LogP contribution in [0.4, 0.5) is 0 Å². The van der Waals surface area contributed by atoms with Gasteiger partial charge in [-0.2, -0.15) is 0 Å². The van der Waals surface area contributed by atoms with Gasteiger partial charge in [0.15, 0.2) is 6.29 Å². The summed E-state index contributed by atoms with van der Waals surface area (Å²) in [5, 5.41) is 53.2. The van der Waals surface area contributed by atoms with Crippen molar-refractivity contribution in [3.63, 3.8) is 0 Å². The Morgan fingerprint density at radius 2 is 1.31 bits per heavy atom. The van der Waals surface area contributed by atoms with E-state index < -0.39 is 49.5 Å². The number of hydrogen-bond acceptors (Lipinski definition) is 8. The fourth-order valence-electron chi connectivity index (χ4n) is 5.25. The Balaban J connectivity index is 2.31. The van der Waals surface area contributed by atoms with Crippen molar-refractivity contribution in [2.45, 2.75) is 179 Å². The molecule has 7 unspecified atom stereocenters. The standard InChI is InChI=1S/C33H63NO8/c1-3-5-7-8-9-10-11-12-13-14-15-16-17-18-19-20-21-22-27(36)26(34-29(37)23-6-4-2)25-41-33-32(40)31(39)30(38)28(24-35)42-33/h21-22,26-28,30-33,35-36,38-40H,3-20,23-25H2,1-2H3,(H,34,37)/b22-21+. The van der Waals surface area contributed by atoms with Gasteiger partial charge in [0.2, 0.25) is 5.91 Å². The van der Waals surface area contributed by atoms with Crippen LogP contribution in [0.5, 0.6) is 0 Å². The van der Waals surface area contributed by atoms with Gasteiger partial charge in [-0.05, 0) is 19.3 Å². The molecular formula is C33H63NO8. The van der Waals surface area contributed by atoms with Gasteiger partial charge in [0.1, 0.15) is 24.4 Å². The molecule has 0 radical (unpaired) electrons.